The molecule has 98 valence electrons. The van der Waals surface area contributed by atoms with Crippen molar-refractivity contribution in [1.82, 2.24) is 5.32 Å². The summed E-state index contributed by atoms with van der Waals surface area (Å²) < 4.78 is 0. The van der Waals surface area contributed by atoms with Crippen molar-refractivity contribution in [3.05, 3.63) is 29.8 Å². The van der Waals surface area contributed by atoms with E-state index in [0.717, 1.165) is 6.42 Å². The van der Waals surface area contributed by atoms with Crippen LogP contribution >= 0.6 is 11.8 Å². The molecule has 1 aromatic rings. The van der Waals surface area contributed by atoms with E-state index in [1.54, 1.807) is 18.7 Å². The summed E-state index contributed by atoms with van der Waals surface area (Å²) in [6.07, 6.45) is 0.148. The van der Waals surface area contributed by atoms with E-state index in [4.69, 9.17) is 5.73 Å². The molecule has 2 rings (SSSR count). The van der Waals surface area contributed by atoms with Crippen LogP contribution in [-0.2, 0) is 11.2 Å². The lowest BCUT2D eigenvalue weighted by molar-refractivity contribution is -0.120. The van der Waals surface area contributed by atoms with E-state index in [0.29, 0.717) is 6.54 Å². The molecule has 1 aliphatic heterocycles. The van der Waals surface area contributed by atoms with E-state index in [9.17, 15) is 9.90 Å². The Hall–Kier alpha value is -1.04. The molecule has 0 spiro atoms. The number of fused-ring (bicyclic) bond motifs is 1. The van der Waals surface area contributed by atoms with Crippen LogP contribution in [0.1, 0.15) is 12.5 Å². The summed E-state index contributed by atoms with van der Waals surface area (Å²) in [6.45, 7) is 1.93. The first-order chi connectivity index (χ1) is 8.58. The average Bonchev–Trinajstić information content (AvgIpc) is 2.79. The molecule has 3 atom stereocenters. The SMILES string of the molecule is CC(O)C(N)CNC(=O)C1Cc2ccccc2S1. The molecular weight excluding hydrogens is 248 g/mol. The molecule has 0 radical (unpaired) electrons. The topological polar surface area (TPSA) is 75.3 Å². The molecule has 1 heterocycles. The quantitative estimate of drug-likeness (QED) is 0.743. The number of amides is 1. The van der Waals surface area contributed by atoms with E-state index in [1.807, 2.05) is 18.2 Å². The molecule has 1 aliphatic rings. The fourth-order valence-corrected chi connectivity index (χ4v) is 3.05. The van der Waals surface area contributed by atoms with Crippen molar-refractivity contribution in [3.8, 4) is 0 Å². The van der Waals surface area contributed by atoms with E-state index >= 15 is 0 Å². The van der Waals surface area contributed by atoms with Gasteiger partial charge < -0.3 is 16.2 Å². The van der Waals surface area contributed by atoms with E-state index in [2.05, 4.69) is 11.4 Å². The third kappa shape index (κ3) is 3.04. The van der Waals surface area contributed by atoms with Crippen LogP contribution in [0.2, 0.25) is 0 Å². The van der Waals surface area contributed by atoms with Gasteiger partial charge in [-0.05, 0) is 25.0 Å². The predicted molar refractivity (Wildman–Crippen MR) is 72.5 cm³/mol. The van der Waals surface area contributed by atoms with Crippen LogP contribution in [0.15, 0.2) is 29.2 Å². The Labute approximate surface area is 111 Å². The molecule has 4 nitrogen and oxygen atoms in total. The second kappa shape index (κ2) is 5.73. The smallest absolute Gasteiger partial charge is 0.233 e. The molecule has 0 aliphatic carbocycles. The summed E-state index contributed by atoms with van der Waals surface area (Å²) in [6, 6.07) is 7.65. The maximum Gasteiger partial charge on any atom is 0.233 e. The number of hydrogen-bond donors (Lipinski definition) is 3. The van der Waals surface area contributed by atoms with Gasteiger partial charge in [-0.3, -0.25) is 4.79 Å². The van der Waals surface area contributed by atoms with Crippen molar-refractivity contribution in [2.45, 2.75) is 35.6 Å². The number of carbonyl (C=O) groups excluding carboxylic acids is 1. The van der Waals surface area contributed by atoms with Gasteiger partial charge in [-0.15, -0.1) is 11.8 Å². The van der Waals surface area contributed by atoms with Crippen LogP contribution in [-0.4, -0.2) is 35.0 Å². The summed E-state index contributed by atoms with van der Waals surface area (Å²) >= 11 is 1.59. The first-order valence-electron chi connectivity index (χ1n) is 6.04. The summed E-state index contributed by atoms with van der Waals surface area (Å²) in [7, 11) is 0. The molecule has 0 saturated heterocycles. The Morgan fingerprint density at radius 1 is 1.61 bits per heavy atom. The van der Waals surface area contributed by atoms with Crippen LogP contribution in [0.25, 0.3) is 0 Å². The monoisotopic (exact) mass is 266 g/mol. The molecule has 0 saturated carbocycles. The van der Waals surface area contributed by atoms with Crippen molar-refractivity contribution >= 4 is 17.7 Å². The highest BCUT2D eigenvalue weighted by Crippen LogP contribution is 2.36. The summed E-state index contributed by atoms with van der Waals surface area (Å²) in [5, 5.41) is 12.0. The number of nitrogens with one attached hydrogen (secondary N) is 1. The minimum absolute atomic E-state index is 0.00713. The number of nitrogens with two attached hydrogens (primary N) is 1. The highest BCUT2D eigenvalue weighted by molar-refractivity contribution is 8.01. The standard InChI is InChI=1S/C13H18N2O2S/c1-8(16)10(14)7-15-13(17)12-6-9-4-2-3-5-11(9)18-12/h2-5,8,10,12,16H,6-7,14H2,1H3,(H,15,17). The molecule has 0 aromatic heterocycles. The number of hydrogen-bond acceptors (Lipinski definition) is 4. The van der Waals surface area contributed by atoms with Crippen LogP contribution in [0.4, 0.5) is 0 Å². The number of aliphatic hydroxyl groups excluding tert-OH is 1. The zero-order chi connectivity index (χ0) is 13.1. The lowest BCUT2D eigenvalue weighted by atomic mass is 10.1. The highest BCUT2D eigenvalue weighted by Gasteiger charge is 2.28. The number of carbonyl (C=O) groups is 1. The minimum atomic E-state index is -0.612. The Balaban J connectivity index is 1.86. The van der Waals surface area contributed by atoms with Gasteiger partial charge in [0, 0.05) is 17.5 Å². The fraction of sp³-hybridized carbons (Fsp3) is 0.462. The predicted octanol–water partition coefficient (Wildman–Crippen LogP) is 0.528. The molecule has 0 fully saturated rings. The molecular formula is C13H18N2O2S. The number of rotatable bonds is 4. The van der Waals surface area contributed by atoms with E-state index in [-0.39, 0.29) is 11.2 Å². The molecule has 1 aromatic carbocycles. The summed E-state index contributed by atoms with van der Waals surface area (Å²) in [5.74, 6) is -0.00713. The van der Waals surface area contributed by atoms with Crippen LogP contribution in [0.5, 0.6) is 0 Å². The van der Waals surface area contributed by atoms with Gasteiger partial charge in [0.05, 0.1) is 11.4 Å². The first kappa shape index (κ1) is 13.4. The van der Waals surface area contributed by atoms with Gasteiger partial charge >= 0.3 is 0 Å². The maximum absolute atomic E-state index is 12.0. The zero-order valence-corrected chi connectivity index (χ0v) is 11.1. The molecule has 18 heavy (non-hydrogen) atoms. The summed E-state index contributed by atoms with van der Waals surface area (Å²) in [4.78, 5) is 13.1. The normalized spacial score (nSPS) is 21.2. The lowest BCUT2D eigenvalue weighted by Crippen LogP contribution is -2.45. The van der Waals surface area contributed by atoms with Gasteiger partial charge in [0.15, 0.2) is 0 Å². The Bertz CT molecular complexity index is 412. The minimum Gasteiger partial charge on any atom is -0.392 e. The van der Waals surface area contributed by atoms with Crippen molar-refractivity contribution in [3.63, 3.8) is 0 Å². The van der Waals surface area contributed by atoms with Gasteiger partial charge in [-0.25, -0.2) is 0 Å². The number of thioether (sulfide) groups is 1. The Kier molecular flexibility index (Phi) is 4.27. The molecule has 5 heteroatoms. The molecule has 1 amide bonds. The van der Waals surface area contributed by atoms with Crippen LogP contribution in [0, 0.1) is 0 Å². The van der Waals surface area contributed by atoms with Crippen LogP contribution in [0.3, 0.4) is 0 Å². The van der Waals surface area contributed by atoms with Crippen molar-refractivity contribution in [1.29, 1.82) is 0 Å². The van der Waals surface area contributed by atoms with E-state index in [1.165, 1.54) is 10.5 Å². The molecule has 3 unspecified atom stereocenters. The summed E-state index contributed by atoms with van der Waals surface area (Å²) in [5.41, 5.74) is 6.90. The van der Waals surface area contributed by atoms with Gasteiger partial charge in [-0.1, -0.05) is 18.2 Å². The van der Waals surface area contributed by atoms with Gasteiger partial charge in [0.2, 0.25) is 5.91 Å². The van der Waals surface area contributed by atoms with Crippen molar-refractivity contribution in [2.24, 2.45) is 5.73 Å². The number of benzene rings is 1. The zero-order valence-electron chi connectivity index (χ0n) is 10.3. The molecule has 0 bridgehead atoms. The first-order valence-corrected chi connectivity index (χ1v) is 6.92. The third-order valence-electron chi connectivity index (χ3n) is 3.07. The Morgan fingerprint density at radius 2 is 2.33 bits per heavy atom. The van der Waals surface area contributed by atoms with Gasteiger partial charge in [0.25, 0.3) is 0 Å². The second-order valence-electron chi connectivity index (χ2n) is 4.57. The van der Waals surface area contributed by atoms with Crippen molar-refractivity contribution < 1.29 is 9.90 Å². The maximum atomic E-state index is 12.0. The van der Waals surface area contributed by atoms with Crippen molar-refractivity contribution in [2.75, 3.05) is 6.54 Å². The second-order valence-corrected chi connectivity index (χ2v) is 5.81. The highest BCUT2D eigenvalue weighted by atomic mass is 32.2. The van der Waals surface area contributed by atoms with E-state index < -0.39 is 12.1 Å². The van der Waals surface area contributed by atoms with Gasteiger partial charge in [0.1, 0.15) is 0 Å². The molecule has 4 N–H and O–H groups in total. The third-order valence-corrected chi connectivity index (χ3v) is 4.39. The number of aliphatic hydroxyl groups is 1. The Morgan fingerprint density at radius 3 is 3.00 bits per heavy atom. The van der Waals surface area contributed by atoms with Crippen LogP contribution < -0.4 is 11.1 Å². The fourth-order valence-electron chi connectivity index (χ4n) is 1.83. The average molecular weight is 266 g/mol. The largest absolute Gasteiger partial charge is 0.392 e. The van der Waals surface area contributed by atoms with Gasteiger partial charge in [-0.2, -0.15) is 0 Å². The lowest BCUT2D eigenvalue weighted by Gasteiger charge is -2.16.